The van der Waals surface area contributed by atoms with Crippen LogP contribution in [0.4, 0.5) is 0 Å². The molecule has 1 unspecified atom stereocenters. The molecule has 1 aliphatic rings. The Labute approximate surface area is 338 Å². The zero-order valence-electron chi connectivity index (χ0n) is 35.0. The molecule has 2 N–H and O–H groups in total. The number of likely N-dealkylation sites (N-methyl/N-ethyl adjacent to an activating group) is 1. The van der Waals surface area contributed by atoms with Crippen molar-refractivity contribution in [3.8, 4) is 5.75 Å². The highest BCUT2D eigenvalue weighted by molar-refractivity contribution is 7.09. The maximum atomic E-state index is 14.8. The topological polar surface area (TPSA) is 155 Å². The van der Waals surface area contributed by atoms with Crippen molar-refractivity contribution in [2.75, 3.05) is 20.3 Å². The van der Waals surface area contributed by atoms with E-state index in [4.69, 9.17) is 9.47 Å². The molecule has 13 heteroatoms. The van der Waals surface area contributed by atoms with Crippen LogP contribution in [0.3, 0.4) is 0 Å². The van der Waals surface area contributed by atoms with Gasteiger partial charge in [-0.25, -0.2) is 4.98 Å². The predicted octanol–water partition coefficient (Wildman–Crippen LogP) is 7.49. The average Bonchev–Trinajstić information content (AvgIpc) is 3.64. The van der Waals surface area contributed by atoms with Crippen molar-refractivity contribution >= 4 is 40.9 Å². The molecule has 1 fully saturated rings. The Morgan fingerprint density at radius 3 is 2.32 bits per heavy atom. The highest BCUT2D eigenvalue weighted by Crippen LogP contribution is 2.34. The van der Waals surface area contributed by atoms with E-state index in [2.05, 4.69) is 29.0 Å². The summed E-state index contributed by atoms with van der Waals surface area (Å²) in [5, 5.41) is 14.9. The molecular weight excluding hydrogens is 733 g/mol. The molecule has 0 aliphatic carbocycles. The first-order valence-corrected chi connectivity index (χ1v) is 21.3. The number of amides is 2. The second-order valence-corrected chi connectivity index (χ2v) is 17.1. The van der Waals surface area contributed by atoms with Crippen LogP contribution in [-0.4, -0.2) is 87.9 Å². The Morgan fingerprint density at radius 2 is 1.73 bits per heavy atom. The summed E-state index contributed by atoms with van der Waals surface area (Å²) in [6.45, 7) is 15.8. The van der Waals surface area contributed by atoms with Crippen LogP contribution in [0.1, 0.15) is 140 Å². The highest BCUT2D eigenvalue weighted by Gasteiger charge is 2.39. The summed E-state index contributed by atoms with van der Waals surface area (Å²) in [6, 6.07) is 5.91. The van der Waals surface area contributed by atoms with Crippen molar-refractivity contribution in [2.24, 2.45) is 23.7 Å². The fourth-order valence-electron chi connectivity index (χ4n) is 7.46. The fraction of sp³-hybridized carbons (Fsp3) is 0.674. The van der Waals surface area contributed by atoms with E-state index in [9.17, 15) is 29.1 Å². The maximum Gasteiger partial charge on any atom is 0.307 e. The molecule has 12 nitrogen and oxygen atoms in total. The Balaban J connectivity index is 1.93. The van der Waals surface area contributed by atoms with Crippen molar-refractivity contribution in [1.82, 2.24) is 20.1 Å². The predicted molar refractivity (Wildman–Crippen MR) is 218 cm³/mol. The van der Waals surface area contributed by atoms with Gasteiger partial charge in [-0.3, -0.25) is 28.9 Å². The second-order valence-electron chi connectivity index (χ2n) is 16.2. The number of hydrogen-bond donors (Lipinski definition) is 2. The number of piperidine rings is 1. The number of carbonyl (C=O) groups excluding carboxylic acids is 5. The van der Waals surface area contributed by atoms with Crippen LogP contribution in [0, 0.1) is 23.7 Å². The van der Waals surface area contributed by atoms with Crippen LogP contribution in [0.25, 0.3) is 0 Å². The smallest absolute Gasteiger partial charge is 0.307 e. The third kappa shape index (κ3) is 14.3. The van der Waals surface area contributed by atoms with Gasteiger partial charge in [0.25, 0.3) is 5.91 Å². The van der Waals surface area contributed by atoms with Gasteiger partial charge in [0.05, 0.1) is 6.04 Å². The molecule has 1 aliphatic heterocycles. The number of hydrogen-bond acceptors (Lipinski definition) is 11. The first-order valence-electron chi connectivity index (χ1n) is 20.4. The van der Waals surface area contributed by atoms with Gasteiger partial charge in [0.2, 0.25) is 5.91 Å². The number of Topliss-reactive ketones (excluding diaryl/α,β-unsaturated/α-hetero) is 1. The molecule has 6 atom stereocenters. The summed E-state index contributed by atoms with van der Waals surface area (Å²) in [7, 11) is 1.96. The van der Waals surface area contributed by atoms with Crippen molar-refractivity contribution < 1.29 is 38.6 Å². The van der Waals surface area contributed by atoms with Gasteiger partial charge in [0.15, 0.2) is 18.6 Å². The molecule has 1 aromatic heterocycles. The summed E-state index contributed by atoms with van der Waals surface area (Å²) in [4.78, 5) is 75.8. The zero-order valence-corrected chi connectivity index (χ0v) is 35.9. The monoisotopic (exact) mass is 798 g/mol. The van der Waals surface area contributed by atoms with Crippen LogP contribution >= 0.6 is 11.3 Å². The van der Waals surface area contributed by atoms with E-state index in [0.29, 0.717) is 30.2 Å². The summed E-state index contributed by atoms with van der Waals surface area (Å²) < 4.78 is 11.6. The Hall–Kier alpha value is -3.84. The maximum absolute atomic E-state index is 14.8. The lowest BCUT2D eigenvalue weighted by molar-refractivity contribution is -0.161. The van der Waals surface area contributed by atoms with E-state index in [1.165, 1.54) is 18.3 Å². The number of ketones is 1. The number of nitrogens with zero attached hydrogens (tertiary/aromatic N) is 3. The number of aromatic nitrogens is 1. The lowest BCUT2D eigenvalue weighted by Crippen LogP contribution is -2.50. The number of aromatic hydroxyl groups is 1. The molecular formula is C43H66N4O8S. The summed E-state index contributed by atoms with van der Waals surface area (Å²) >= 11 is 1.20. The van der Waals surface area contributed by atoms with Gasteiger partial charge in [-0.15, -0.1) is 11.3 Å². The quantitative estimate of drug-likeness (QED) is 0.0905. The van der Waals surface area contributed by atoms with E-state index >= 15 is 0 Å². The number of phenols is 1. The number of esters is 2. The highest BCUT2D eigenvalue weighted by atomic mass is 32.1. The number of thiazole rings is 1. The molecule has 1 saturated heterocycles. The van der Waals surface area contributed by atoms with E-state index in [0.717, 1.165) is 37.8 Å². The van der Waals surface area contributed by atoms with Gasteiger partial charge in [-0.2, -0.15) is 0 Å². The van der Waals surface area contributed by atoms with Crippen LogP contribution in [0.5, 0.6) is 5.75 Å². The lowest BCUT2D eigenvalue weighted by atomic mass is 9.82. The van der Waals surface area contributed by atoms with Crippen LogP contribution in [0.15, 0.2) is 29.6 Å². The molecule has 312 valence electrons. The number of nitrogens with one attached hydrogen (secondary N) is 1. The average molecular weight is 799 g/mol. The van der Waals surface area contributed by atoms with Gasteiger partial charge in [-0.05, 0) is 81.1 Å². The van der Waals surface area contributed by atoms with Gasteiger partial charge in [0.1, 0.15) is 16.5 Å². The standard InChI is InChI=1S/C43H66N4O8S/c1-10-14-40(51)54-26-47(43(53)34(29(7)11-2)23-38(50)36-15-12-13-20-46(36)9)37(28(5)6)24-39(55-30(8)48)42-45-35(25-56-42)41(52)44-32(21-27(3)4)22-31-16-18-33(49)19-17-31/h16-19,25,27-29,32,34,36-37,39,49H,10-15,20-24,26H2,1-9H3,(H,44,52)/t29?,32-,34+,36-,37-,39-/m1/s1. The first kappa shape index (κ1) is 46.5. The molecule has 0 saturated carbocycles. The van der Waals surface area contributed by atoms with Crippen molar-refractivity contribution in [3.63, 3.8) is 0 Å². The lowest BCUT2D eigenvalue weighted by Gasteiger charge is -2.39. The normalized spacial score (nSPS) is 17.4. The Bertz CT molecular complexity index is 1580. The minimum Gasteiger partial charge on any atom is -0.508 e. The first-order chi connectivity index (χ1) is 26.5. The molecule has 1 aromatic carbocycles. The zero-order chi connectivity index (χ0) is 41.5. The van der Waals surface area contributed by atoms with E-state index < -0.39 is 30.0 Å². The molecule has 2 amide bonds. The Morgan fingerprint density at radius 1 is 1.04 bits per heavy atom. The van der Waals surface area contributed by atoms with Gasteiger partial charge < -0.3 is 24.8 Å². The van der Waals surface area contributed by atoms with Crippen LogP contribution in [0.2, 0.25) is 0 Å². The molecule has 56 heavy (non-hydrogen) atoms. The number of rotatable bonds is 22. The SMILES string of the molecule is CCCC(=O)OCN(C(=O)[C@@H](CC(=O)[C@H]1CCCCN1C)C(C)CC)[C@H](C[C@@H](OC(C)=O)c1nc(C(=O)N[C@@H](Cc2ccc(O)cc2)CC(C)C)cs1)C(C)C. The van der Waals surface area contributed by atoms with Crippen LogP contribution < -0.4 is 5.32 Å². The number of phenolic OH excluding ortho intramolecular Hbond substituents is 1. The van der Waals surface area contributed by atoms with E-state index in [1.807, 2.05) is 53.8 Å². The Kier molecular flexibility index (Phi) is 18.9. The molecule has 2 heterocycles. The third-order valence-electron chi connectivity index (χ3n) is 10.8. The fourth-order valence-corrected chi connectivity index (χ4v) is 8.30. The summed E-state index contributed by atoms with van der Waals surface area (Å²) in [5.74, 6) is -2.03. The van der Waals surface area contributed by atoms with Crippen molar-refractivity contribution in [2.45, 2.75) is 144 Å². The van der Waals surface area contributed by atoms with Crippen molar-refractivity contribution in [1.29, 1.82) is 0 Å². The minimum absolute atomic E-state index is 0.0416. The van der Waals surface area contributed by atoms with Gasteiger partial charge >= 0.3 is 11.9 Å². The van der Waals surface area contributed by atoms with E-state index in [-0.39, 0.29) is 79.0 Å². The second kappa shape index (κ2) is 22.8. The molecule has 3 rings (SSSR count). The largest absolute Gasteiger partial charge is 0.508 e. The summed E-state index contributed by atoms with van der Waals surface area (Å²) in [6.07, 6.45) is 4.82. The third-order valence-corrected chi connectivity index (χ3v) is 11.7. The molecule has 0 spiro atoms. The number of likely N-dealkylation sites (tertiary alicyclic amines) is 1. The van der Waals surface area contributed by atoms with Gasteiger partial charge in [0, 0.05) is 49.6 Å². The number of benzene rings is 1. The number of carbonyl (C=O) groups is 5. The summed E-state index contributed by atoms with van der Waals surface area (Å²) in [5.41, 5.74) is 1.16. The molecule has 0 radical (unpaired) electrons. The van der Waals surface area contributed by atoms with Crippen LogP contribution in [-0.2, 0) is 35.1 Å². The van der Waals surface area contributed by atoms with Gasteiger partial charge in [-0.1, -0.05) is 73.4 Å². The molecule has 2 aromatic rings. The minimum atomic E-state index is -0.906. The van der Waals surface area contributed by atoms with E-state index in [1.54, 1.807) is 22.4 Å². The molecule has 0 bridgehead atoms. The number of ether oxygens (including phenoxy) is 2. The van der Waals surface area contributed by atoms with Crippen molar-refractivity contribution in [3.05, 3.63) is 45.9 Å².